The molecule has 1 fully saturated rings. The van der Waals surface area contributed by atoms with Crippen LogP contribution in [0.1, 0.15) is 33.1 Å². The summed E-state index contributed by atoms with van der Waals surface area (Å²) < 4.78 is 13.3. The second-order valence-electron chi connectivity index (χ2n) is 5.78. The minimum atomic E-state index is -0.569. The molecule has 2 N–H and O–H groups in total. The van der Waals surface area contributed by atoms with Crippen LogP contribution in [0.5, 0.6) is 5.75 Å². The van der Waals surface area contributed by atoms with Crippen LogP contribution in [-0.4, -0.2) is 35.7 Å². The van der Waals surface area contributed by atoms with Crippen LogP contribution in [-0.2, 0) is 0 Å². The van der Waals surface area contributed by atoms with Crippen LogP contribution in [0.4, 0.5) is 10.1 Å². The highest BCUT2D eigenvalue weighted by Gasteiger charge is 2.23. The van der Waals surface area contributed by atoms with E-state index in [9.17, 15) is 9.50 Å². The number of phenols is 1. The summed E-state index contributed by atoms with van der Waals surface area (Å²) in [6, 6.07) is 4.80. The fourth-order valence-corrected chi connectivity index (χ4v) is 2.97. The van der Waals surface area contributed by atoms with Crippen molar-refractivity contribution < 1.29 is 9.50 Å². The molecule has 20 heavy (non-hydrogen) atoms. The van der Waals surface area contributed by atoms with Gasteiger partial charge < -0.3 is 15.3 Å². The van der Waals surface area contributed by atoms with Crippen molar-refractivity contribution in [2.24, 2.45) is 5.92 Å². The molecule has 0 saturated carbocycles. The molecule has 3 nitrogen and oxygen atoms in total. The predicted octanol–water partition coefficient (Wildman–Crippen LogP) is 3.45. The number of likely N-dealkylation sites (tertiary alicyclic amines) is 1. The summed E-state index contributed by atoms with van der Waals surface area (Å²) in [6.07, 6.45) is 3.59. The third kappa shape index (κ3) is 3.85. The Morgan fingerprint density at radius 2 is 2.10 bits per heavy atom. The Bertz CT molecular complexity index is 430. The van der Waals surface area contributed by atoms with E-state index in [1.54, 1.807) is 6.07 Å². The fourth-order valence-electron chi connectivity index (χ4n) is 2.97. The van der Waals surface area contributed by atoms with Crippen LogP contribution < -0.4 is 5.32 Å². The zero-order valence-corrected chi connectivity index (χ0v) is 12.4. The van der Waals surface area contributed by atoms with Gasteiger partial charge in [-0.05, 0) is 63.9 Å². The quantitative estimate of drug-likeness (QED) is 0.811. The summed E-state index contributed by atoms with van der Waals surface area (Å²) in [4.78, 5) is 2.52. The Hall–Kier alpha value is -1.29. The molecule has 1 unspecified atom stereocenters. The number of rotatable bonds is 5. The summed E-state index contributed by atoms with van der Waals surface area (Å²) in [7, 11) is 0. The van der Waals surface area contributed by atoms with Crippen LogP contribution in [0.25, 0.3) is 0 Å². The number of benzene rings is 1. The Morgan fingerprint density at radius 3 is 2.70 bits per heavy atom. The SMILES string of the molecule is CCCN1CCC(C(C)Nc2ccc(O)c(F)c2)CC1. The standard InChI is InChI=1S/C16H25FN2O/c1-3-8-19-9-6-13(7-10-19)12(2)18-14-4-5-16(20)15(17)11-14/h4-5,11-13,18,20H,3,6-10H2,1-2H3. The van der Waals surface area contributed by atoms with Gasteiger partial charge in [0.05, 0.1) is 0 Å². The molecule has 1 aromatic rings. The van der Waals surface area contributed by atoms with Gasteiger partial charge in [0.15, 0.2) is 11.6 Å². The molecule has 1 aromatic carbocycles. The number of halogens is 1. The van der Waals surface area contributed by atoms with Crippen molar-refractivity contribution in [3.8, 4) is 5.75 Å². The monoisotopic (exact) mass is 280 g/mol. The number of anilines is 1. The fraction of sp³-hybridized carbons (Fsp3) is 0.625. The van der Waals surface area contributed by atoms with E-state index < -0.39 is 5.82 Å². The van der Waals surface area contributed by atoms with Crippen LogP contribution in [0.2, 0.25) is 0 Å². The van der Waals surface area contributed by atoms with Crippen molar-refractivity contribution in [2.75, 3.05) is 25.0 Å². The van der Waals surface area contributed by atoms with E-state index in [1.807, 2.05) is 0 Å². The van der Waals surface area contributed by atoms with Crippen LogP contribution in [0, 0.1) is 11.7 Å². The number of hydrogen-bond acceptors (Lipinski definition) is 3. The zero-order valence-electron chi connectivity index (χ0n) is 12.4. The molecule has 1 heterocycles. The molecule has 4 heteroatoms. The topological polar surface area (TPSA) is 35.5 Å². The van der Waals surface area contributed by atoms with Gasteiger partial charge in [0, 0.05) is 17.8 Å². The normalized spacial score (nSPS) is 18.9. The highest BCUT2D eigenvalue weighted by Crippen LogP contribution is 2.25. The minimum absolute atomic E-state index is 0.295. The summed E-state index contributed by atoms with van der Waals surface area (Å²) in [5, 5.41) is 12.6. The highest BCUT2D eigenvalue weighted by atomic mass is 19.1. The van der Waals surface area contributed by atoms with E-state index in [-0.39, 0.29) is 5.75 Å². The number of nitrogens with zero attached hydrogens (tertiary/aromatic N) is 1. The van der Waals surface area contributed by atoms with E-state index in [1.165, 1.54) is 37.9 Å². The third-order valence-corrected chi connectivity index (χ3v) is 4.22. The van der Waals surface area contributed by atoms with E-state index in [0.717, 1.165) is 18.8 Å². The molecular weight excluding hydrogens is 255 g/mol. The largest absolute Gasteiger partial charge is 0.505 e. The van der Waals surface area contributed by atoms with Gasteiger partial charge in [0.1, 0.15) is 0 Å². The van der Waals surface area contributed by atoms with Crippen molar-refractivity contribution in [3.63, 3.8) is 0 Å². The van der Waals surface area contributed by atoms with Gasteiger partial charge in [0.2, 0.25) is 0 Å². The Balaban J connectivity index is 1.86. The predicted molar refractivity (Wildman–Crippen MR) is 80.6 cm³/mol. The number of nitrogens with one attached hydrogen (secondary N) is 1. The van der Waals surface area contributed by atoms with Gasteiger partial charge in [-0.3, -0.25) is 0 Å². The van der Waals surface area contributed by atoms with E-state index in [2.05, 4.69) is 24.1 Å². The lowest BCUT2D eigenvalue weighted by molar-refractivity contribution is 0.176. The molecule has 1 aliphatic rings. The zero-order chi connectivity index (χ0) is 14.5. The first-order valence-corrected chi connectivity index (χ1v) is 7.57. The molecule has 112 valence electrons. The molecule has 0 amide bonds. The Morgan fingerprint density at radius 1 is 1.40 bits per heavy atom. The second-order valence-corrected chi connectivity index (χ2v) is 5.78. The molecule has 0 radical (unpaired) electrons. The molecule has 0 spiro atoms. The first-order chi connectivity index (χ1) is 9.60. The average molecular weight is 280 g/mol. The van der Waals surface area contributed by atoms with Crippen molar-refractivity contribution in [2.45, 2.75) is 39.2 Å². The molecule has 2 rings (SSSR count). The Kier molecular flexibility index (Phi) is 5.24. The van der Waals surface area contributed by atoms with E-state index >= 15 is 0 Å². The van der Waals surface area contributed by atoms with Crippen LogP contribution in [0.3, 0.4) is 0 Å². The molecule has 1 saturated heterocycles. The van der Waals surface area contributed by atoms with Gasteiger partial charge >= 0.3 is 0 Å². The first kappa shape index (κ1) is 15.1. The van der Waals surface area contributed by atoms with Crippen molar-refractivity contribution in [3.05, 3.63) is 24.0 Å². The third-order valence-electron chi connectivity index (χ3n) is 4.22. The lowest BCUT2D eigenvalue weighted by Gasteiger charge is -2.35. The maximum Gasteiger partial charge on any atom is 0.166 e. The molecule has 0 aliphatic carbocycles. The van der Waals surface area contributed by atoms with Crippen LogP contribution in [0.15, 0.2) is 18.2 Å². The molecule has 1 atom stereocenters. The van der Waals surface area contributed by atoms with Gasteiger partial charge in [-0.2, -0.15) is 0 Å². The molecule has 1 aliphatic heterocycles. The van der Waals surface area contributed by atoms with Crippen molar-refractivity contribution in [1.29, 1.82) is 0 Å². The van der Waals surface area contributed by atoms with Gasteiger partial charge in [-0.15, -0.1) is 0 Å². The maximum atomic E-state index is 13.3. The highest BCUT2D eigenvalue weighted by molar-refractivity contribution is 5.47. The summed E-state index contributed by atoms with van der Waals surface area (Å²) in [5.74, 6) is -0.240. The number of phenolic OH excluding ortho intramolecular Hbond substituents is 1. The summed E-state index contributed by atoms with van der Waals surface area (Å²) >= 11 is 0. The molecular formula is C16H25FN2O. The maximum absolute atomic E-state index is 13.3. The van der Waals surface area contributed by atoms with Crippen molar-refractivity contribution >= 4 is 5.69 Å². The smallest absolute Gasteiger partial charge is 0.166 e. The number of piperidine rings is 1. The Labute approximate surface area is 120 Å². The molecule has 0 bridgehead atoms. The average Bonchev–Trinajstić information content (AvgIpc) is 2.44. The summed E-state index contributed by atoms with van der Waals surface area (Å²) in [5.41, 5.74) is 0.740. The van der Waals surface area contributed by atoms with E-state index in [4.69, 9.17) is 0 Å². The molecule has 0 aromatic heterocycles. The van der Waals surface area contributed by atoms with Crippen molar-refractivity contribution in [1.82, 2.24) is 4.90 Å². The lowest BCUT2D eigenvalue weighted by Crippen LogP contribution is -2.39. The van der Waals surface area contributed by atoms with Gasteiger partial charge in [0.25, 0.3) is 0 Å². The summed E-state index contributed by atoms with van der Waals surface area (Å²) in [6.45, 7) is 7.89. The van der Waals surface area contributed by atoms with Gasteiger partial charge in [-0.1, -0.05) is 6.92 Å². The minimum Gasteiger partial charge on any atom is -0.505 e. The number of aromatic hydroxyl groups is 1. The van der Waals surface area contributed by atoms with E-state index in [0.29, 0.717) is 12.0 Å². The lowest BCUT2D eigenvalue weighted by atomic mass is 9.90. The second kappa shape index (κ2) is 6.93. The van der Waals surface area contributed by atoms with Gasteiger partial charge in [-0.25, -0.2) is 4.39 Å². The number of hydrogen-bond donors (Lipinski definition) is 2. The van der Waals surface area contributed by atoms with Crippen LogP contribution >= 0.6 is 0 Å². The first-order valence-electron chi connectivity index (χ1n) is 7.57.